The van der Waals surface area contributed by atoms with Crippen molar-refractivity contribution in [1.82, 2.24) is 16.2 Å². The van der Waals surface area contributed by atoms with Gasteiger partial charge < -0.3 is 14.8 Å². The third kappa shape index (κ3) is 10.2. The zero-order valence-corrected chi connectivity index (χ0v) is 21.2. The molecule has 3 N–H and O–H groups in total. The SMILES string of the molecule is COc1ccc(C(=O)NNC(=S)NC(=O)CCCC(=O)OCCCc2ccccc2)cc1I. The maximum atomic E-state index is 12.2. The minimum absolute atomic E-state index is 0.0416. The molecule has 0 bridgehead atoms. The van der Waals surface area contributed by atoms with Crippen LogP contribution in [0.5, 0.6) is 5.75 Å². The summed E-state index contributed by atoms with van der Waals surface area (Å²) in [5.74, 6) is -0.447. The zero-order chi connectivity index (χ0) is 24.1. The molecule has 2 amide bonds. The fourth-order valence-electron chi connectivity index (χ4n) is 2.79. The average molecular weight is 583 g/mol. The van der Waals surface area contributed by atoms with Crippen LogP contribution in [-0.2, 0) is 20.7 Å². The second kappa shape index (κ2) is 14.4. The Labute approximate surface area is 211 Å². The number of carbonyl (C=O) groups is 3. The monoisotopic (exact) mass is 583 g/mol. The molecule has 0 heterocycles. The van der Waals surface area contributed by atoms with E-state index < -0.39 is 5.91 Å². The van der Waals surface area contributed by atoms with Crippen molar-refractivity contribution in [3.63, 3.8) is 0 Å². The van der Waals surface area contributed by atoms with Crippen molar-refractivity contribution in [2.45, 2.75) is 32.1 Å². The Morgan fingerprint density at radius 3 is 2.45 bits per heavy atom. The lowest BCUT2D eigenvalue weighted by Gasteiger charge is -2.11. The summed E-state index contributed by atoms with van der Waals surface area (Å²) < 4.78 is 11.1. The Hall–Kier alpha value is -2.73. The maximum absolute atomic E-state index is 12.2. The maximum Gasteiger partial charge on any atom is 0.305 e. The summed E-state index contributed by atoms with van der Waals surface area (Å²) in [6.45, 7) is 0.348. The molecule has 0 atom stereocenters. The predicted molar refractivity (Wildman–Crippen MR) is 137 cm³/mol. The first-order valence-corrected chi connectivity index (χ1v) is 11.8. The van der Waals surface area contributed by atoms with Crippen LogP contribution < -0.4 is 20.9 Å². The topological polar surface area (TPSA) is 106 Å². The number of aryl methyl sites for hydroxylation is 1. The number of halogens is 1. The highest BCUT2D eigenvalue weighted by Crippen LogP contribution is 2.21. The van der Waals surface area contributed by atoms with Gasteiger partial charge in [-0.1, -0.05) is 30.3 Å². The quantitative estimate of drug-likeness (QED) is 0.130. The van der Waals surface area contributed by atoms with Crippen LogP contribution in [0.1, 0.15) is 41.6 Å². The Kier molecular flexibility index (Phi) is 11.6. The normalized spacial score (nSPS) is 10.1. The van der Waals surface area contributed by atoms with Crippen molar-refractivity contribution in [1.29, 1.82) is 0 Å². The number of rotatable bonds is 10. The van der Waals surface area contributed by atoms with Gasteiger partial charge in [0.1, 0.15) is 5.75 Å². The number of hydrogen-bond donors (Lipinski definition) is 3. The van der Waals surface area contributed by atoms with Gasteiger partial charge in [-0.05, 0) is 77.8 Å². The number of hydrogen-bond acceptors (Lipinski definition) is 6. The summed E-state index contributed by atoms with van der Waals surface area (Å²) in [6.07, 6.45) is 2.17. The lowest BCUT2D eigenvalue weighted by atomic mass is 10.1. The number of amides is 2. The highest BCUT2D eigenvalue weighted by atomic mass is 127. The summed E-state index contributed by atoms with van der Waals surface area (Å²) in [6, 6.07) is 14.9. The molecule has 0 saturated carbocycles. The molecule has 0 unspecified atom stereocenters. The minimum atomic E-state index is -0.415. The van der Waals surface area contributed by atoms with Crippen molar-refractivity contribution in [2.24, 2.45) is 0 Å². The minimum Gasteiger partial charge on any atom is -0.496 e. The van der Waals surface area contributed by atoms with Crippen molar-refractivity contribution >= 4 is 57.7 Å². The Morgan fingerprint density at radius 1 is 1.00 bits per heavy atom. The van der Waals surface area contributed by atoms with Gasteiger partial charge in [0.2, 0.25) is 5.91 Å². The third-order valence-electron chi connectivity index (χ3n) is 4.46. The molecule has 10 heteroatoms. The molecule has 8 nitrogen and oxygen atoms in total. The van der Waals surface area contributed by atoms with Crippen molar-refractivity contribution in [3.05, 3.63) is 63.2 Å². The van der Waals surface area contributed by atoms with Gasteiger partial charge in [0.25, 0.3) is 5.91 Å². The fraction of sp³-hybridized carbons (Fsp3) is 0.304. The summed E-state index contributed by atoms with van der Waals surface area (Å²) in [4.78, 5) is 35.9. The molecule has 33 heavy (non-hydrogen) atoms. The molecule has 2 rings (SSSR count). The van der Waals surface area contributed by atoms with E-state index in [0.717, 1.165) is 16.4 Å². The van der Waals surface area contributed by atoms with E-state index in [1.165, 1.54) is 5.56 Å². The number of methoxy groups -OCH3 is 1. The number of benzene rings is 2. The van der Waals surface area contributed by atoms with E-state index in [4.69, 9.17) is 21.7 Å². The van der Waals surface area contributed by atoms with E-state index >= 15 is 0 Å². The van der Waals surface area contributed by atoms with Crippen molar-refractivity contribution in [3.8, 4) is 5.75 Å². The second-order valence-corrected chi connectivity index (χ2v) is 8.54. The number of ether oxygens (including phenoxy) is 2. The molecule has 0 aliphatic rings. The Bertz CT molecular complexity index is 972. The van der Waals surface area contributed by atoms with Crippen LogP contribution in [0.2, 0.25) is 0 Å². The average Bonchev–Trinajstić information content (AvgIpc) is 2.81. The van der Waals surface area contributed by atoms with Crippen LogP contribution in [0.15, 0.2) is 48.5 Å². The highest BCUT2D eigenvalue weighted by Gasteiger charge is 2.11. The number of carbonyl (C=O) groups excluding carboxylic acids is 3. The van der Waals surface area contributed by atoms with Gasteiger partial charge in [-0.3, -0.25) is 25.2 Å². The van der Waals surface area contributed by atoms with Gasteiger partial charge in [0.05, 0.1) is 17.3 Å². The van der Waals surface area contributed by atoms with Crippen molar-refractivity contribution < 1.29 is 23.9 Å². The summed E-state index contributed by atoms with van der Waals surface area (Å²) >= 11 is 7.07. The fourth-order valence-corrected chi connectivity index (χ4v) is 3.69. The lowest BCUT2D eigenvalue weighted by molar-refractivity contribution is -0.143. The summed E-state index contributed by atoms with van der Waals surface area (Å²) in [5, 5.41) is 2.41. The van der Waals surface area contributed by atoms with Gasteiger partial charge in [0.15, 0.2) is 5.11 Å². The number of esters is 1. The van der Waals surface area contributed by atoms with E-state index in [0.29, 0.717) is 24.3 Å². The summed E-state index contributed by atoms with van der Waals surface area (Å²) in [5.41, 5.74) is 6.51. The van der Waals surface area contributed by atoms with Crippen LogP contribution in [-0.4, -0.2) is 36.6 Å². The molecule has 0 saturated heterocycles. The van der Waals surface area contributed by atoms with Gasteiger partial charge in [0, 0.05) is 18.4 Å². The van der Waals surface area contributed by atoms with E-state index in [1.54, 1.807) is 25.3 Å². The predicted octanol–water partition coefficient (Wildman–Crippen LogP) is 3.28. The van der Waals surface area contributed by atoms with E-state index in [1.807, 2.05) is 30.3 Å². The molecule has 0 aromatic heterocycles. The van der Waals surface area contributed by atoms with E-state index in [2.05, 4.69) is 38.8 Å². The molecule has 0 fully saturated rings. The standard InChI is InChI=1S/C23H26IN3O5S/c1-31-19-13-12-17(15-18(19)24)22(30)26-27-23(33)25-20(28)10-5-11-21(29)32-14-6-9-16-7-3-2-4-8-16/h2-4,7-8,12-13,15H,5-6,9-11,14H2,1H3,(H,26,30)(H2,25,27,28,33). The molecule has 0 aliphatic heterocycles. The number of nitrogens with one attached hydrogen (secondary N) is 3. The first-order valence-electron chi connectivity index (χ1n) is 10.3. The highest BCUT2D eigenvalue weighted by molar-refractivity contribution is 14.1. The van der Waals surface area contributed by atoms with Crippen LogP contribution in [0, 0.1) is 3.57 Å². The lowest BCUT2D eigenvalue weighted by Crippen LogP contribution is -2.48. The van der Waals surface area contributed by atoms with Crippen LogP contribution in [0.4, 0.5) is 0 Å². The largest absolute Gasteiger partial charge is 0.496 e. The number of thiocarbonyl (C=S) groups is 1. The van der Waals surface area contributed by atoms with E-state index in [9.17, 15) is 14.4 Å². The van der Waals surface area contributed by atoms with Crippen molar-refractivity contribution in [2.75, 3.05) is 13.7 Å². The molecular formula is C23H26IN3O5S. The zero-order valence-electron chi connectivity index (χ0n) is 18.2. The van der Waals surface area contributed by atoms with E-state index in [-0.39, 0.29) is 29.8 Å². The molecule has 2 aromatic carbocycles. The number of hydrazine groups is 1. The van der Waals surface area contributed by atoms with Crippen LogP contribution >= 0.6 is 34.8 Å². The molecule has 0 radical (unpaired) electrons. The van der Waals surface area contributed by atoms with Gasteiger partial charge in [-0.15, -0.1) is 0 Å². The smallest absolute Gasteiger partial charge is 0.305 e. The van der Waals surface area contributed by atoms with Gasteiger partial charge in [-0.25, -0.2) is 0 Å². The van der Waals surface area contributed by atoms with Crippen LogP contribution in [0.3, 0.4) is 0 Å². The second-order valence-electron chi connectivity index (χ2n) is 6.97. The van der Waals surface area contributed by atoms with Crippen LogP contribution in [0.25, 0.3) is 0 Å². The van der Waals surface area contributed by atoms with Gasteiger partial charge >= 0.3 is 5.97 Å². The molecule has 176 valence electrons. The first-order chi connectivity index (χ1) is 15.9. The third-order valence-corrected chi connectivity index (χ3v) is 5.50. The first kappa shape index (κ1) is 26.5. The molecule has 0 aliphatic carbocycles. The summed E-state index contributed by atoms with van der Waals surface area (Å²) in [7, 11) is 1.55. The molecule has 0 spiro atoms. The van der Waals surface area contributed by atoms with Gasteiger partial charge in [-0.2, -0.15) is 0 Å². The Balaban J connectivity index is 1.57. The molecular weight excluding hydrogens is 557 g/mol. The molecule has 2 aromatic rings. The Morgan fingerprint density at radius 2 is 1.76 bits per heavy atom.